The minimum absolute atomic E-state index is 0.0520. The summed E-state index contributed by atoms with van der Waals surface area (Å²) in [7, 11) is -9.66. The van der Waals surface area contributed by atoms with Crippen LogP contribution in [0.1, 0.15) is 5.56 Å². The van der Waals surface area contributed by atoms with Crippen LogP contribution in [0.5, 0.6) is 11.5 Å². The molecular formula is C20H14F3NO6S2. The zero-order chi connectivity index (χ0) is 23.1. The van der Waals surface area contributed by atoms with Crippen LogP contribution in [0.4, 0.5) is 13.2 Å². The first-order valence-corrected chi connectivity index (χ1v) is 11.8. The topological polar surface area (TPSA) is 90.0 Å². The third-order valence-corrected chi connectivity index (χ3v) is 8.81. The summed E-state index contributed by atoms with van der Waals surface area (Å²) in [5.41, 5.74) is 0.214. The number of sulfonamides is 2. The molecule has 1 aliphatic rings. The molecule has 0 aromatic heterocycles. The van der Waals surface area contributed by atoms with Crippen molar-refractivity contribution in [1.29, 1.82) is 0 Å². The highest BCUT2D eigenvalue weighted by molar-refractivity contribution is 8.04. The Hall–Kier alpha value is -3.09. The van der Waals surface area contributed by atoms with E-state index in [9.17, 15) is 30.0 Å². The molecule has 0 fully saturated rings. The second-order valence-electron chi connectivity index (χ2n) is 6.66. The summed E-state index contributed by atoms with van der Waals surface area (Å²) in [5, 5.41) is 0. The van der Waals surface area contributed by atoms with Gasteiger partial charge in [-0.15, -0.1) is 0 Å². The molecule has 0 N–H and O–H groups in total. The van der Waals surface area contributed by atoms with Crippen LogP contribution in [0.15, 0.2) is 70.5 Å². The molecule has 4 rings (SSSR count). The van der Waals surface area contributed by atoms with E-state index >= 15 is 0 Å². The maximum atomic E-state index is 13.7. The van der Waals surface area contributed by atoms with Gasteiger partial charge in [0, 0.05) is 0 Å². The van der Waals surface area contributed by atoms with Gasteiger partial charge in [0.15, 0.2) is 23.1 Å². The fraction of sp³-hybridized carbons (Fsp3) is 0.100. The Balaban J connectivity index is 1.83. The molecule has 168 valence electrons. The first-order chi connectivity index (χ1) is 15.1. The molecule has 0 unspecified atom stereocenters. The summed E-state index contributed by atoms with van der Waals surface area (Å²) in [6.45, 7) is -0.749. The van der Waals surface area contributed by atoms with E-state index in [1.165, 1.54) is 18.2 Å². The maximum Gasteiger partial charge on any atom is 0.256 e. The summed E-state index contributed by atoms with van der Waals surface area (Å²) in [4.78, 5) is -1.28. The van der Waals surface area contributed by atoms with Crippen LogP contribution in [0.2, 0.25) is 0 Å². The van der Waals surface area contributed by atoms with Crippen LogP contribution in [0.25, 0.3) is 0 Å². The van der Waals surface area contributed by atoms with Crippen molar-refractivity contribution in [3.05, 3.63) is 83.7 Å². The molecule has 0 aliphatic carbocycles. The molecule has 0 atom stereocenters. The lowest BCUT2D eigenvalue weighted by Crippen LogP contribution is -2.36. The number of hydrogen-bond donors (Lipinski definition) is 0. The van der Waals surface area contributed by atoms with Crippen LogP contribution in [-0.4, -0.2) is 27.3 Å². The van der Waals surface area contributed by atoms with Crippen molar-refractivity contribution in [3.8, 4) is 11.5 Å². The Morgan fingerprint density at radius 2 is 1.34 bits per heavy atom. The third-order valence-electron chi connectivity index (χ3n) is 4.59. The summed E-state index contributed by atoms with van der Waals surface area (Å²) in [5.74, 6) is -2.81. The number of halogens is 3. The Morgan fingerprint density at radius 3 is 2.03 bits per heavy atom. The third kappa shape index (κ3) is 4.04. The molecule has 0 amide bonds. The van der Waals surface area contributed by atoms with E-state index in [0.717, 1.165) is 30.3 Å². The molecule has 1 heterocycles. The standard InChI is InChI=1S/C20H14F3NO6S2/c21-14-2-4-15(5-3-14)31(25,26)24(11-13-1-8-19-20(9-13)30-12-29-19)32(27,28)16-6-7-17(22)18(23)10-16/h1-10H,11-12H2. The Bertz CT molecular complexity index is 1390. The molecule has 0 spiro atoms. The molecule has 0 saturated carbocycles. The van der Waals surface area contributed by atoms with Gasteiger partial charge in [-0.05, 0) is 60.2 Å². The molecular weight excluding hydrogens is 471 g/mol. The molecule has 1 aliphatic heterocycles. The molecule has 0 radical (unpaired) electrons. The van der Waals surface area contributed by atoms with Crippen molar-refractivity contribution in [2.75, 3.05) is 6.79 Å². The van der Waals surface area contributed by atoms with Crippen molar-refractivity contribution in [2.24, 2.45) is 0 Å². The van der Waals surface area contributed by atoms with Gasteiger partial charge < -0.3 is 9.47 Å². The number of nitrogens with zero attached hydrogens (tertiary/aromatic N) is 1. The second kappa shape index (κ2) is 8.11. The van der Waals surface area contributed by atoms with Crippen LogP contribution in [0.3, 0.4) is 0 Å². The number of rotatable bonds is 6. The predicted octanol–water partition coefficient (Wildman–Crippen LogP) is 3.41. The van der Waals surface area contributed by atoms with Gasteiger partial charge in [0.1, 0.15) is 5.82 Å². The Labute approximate surface area is 181 Å². The van der Waals surface area contributed by atoms with E-state index in [-0.39, 0.29) is 21.8 Å². The van der Waals surface area contributed by atoms with Gasteiger partial charge in [0.25, 0.3) is 20.0 Å². The van der Waals surface area contributed by atoms with Gasteiger partial charge in [-0.3, -0.25) is 0 Å². The van der Waals surface area contributed by atoms with E-state index in [2.05, 4.69) is 0 Å². The van der Waals surface area contributed by atoms with E-state index in [1.54, 1.807) is 0 Å². The van der Waals surface area contributed by atoms with Crippen molar-refractivity contribution < 1.29 is 39.5 Å². The zero-order valence-electron chi connectivity index (χ0n) is 16.0. The fourth-order valence-corrected chi connectivity index (χ4v) is 6.60. The van der Waals surface area contributed by atoms with Crippen LogP contribution < -0.4 is 9.47 Å². The maximum absolute atomic E-state index is 13.7. The smallest absolute Gasteiger partial charge is 0.256 e. The minimum atomic E-state index is -4.90. The molecule has 32 heavy (non-hydrogen) atoms. The number of hydrogen-bond acceptors (Lipinski definition) is 6. The molecule has 7 nitrogen and oxygen atoms in total. The first kappa shape index (κ1) is 22.1. The summed E-state index contributed by atoms with van der Waals surface area (Å²) < 4.78 is 104. The van der Waals surface area contributed by atoms with E-state index in [1.807, 2.05) is 0 Å². The highest BCUT2D eigenvalue weighted by atomic mass is 32.3. The zero-order valence-corrected chi connectivity index (χ0v) is 17.7. The van der Waals surface area contributed by atoms with Crippen molar-refractivity contribution in [2.45, 2.75) is 16.3 Å². The number of benzene rings is 3. The Morgan fingerprint density at radius 1 is 0.719 bits per heavy atom. The van der Waals surface area contributed by atoms with Gasteiger partial charge in [-0.25, -0.2) is 30.0 Å². The SMILES string of the molecule is O=S(=O)(c1ccc(F)cc1)N(Cc1ccc2c(c1)OCO2)S(=O)(=O)c1ccc(F)c(F)c1. The quantitative estimate of drug-likeness (QED) is 0.532. The fourth-order valence-electron chi connectivity index (χ4n) is 2.97. The van der Waals surface area contributed by atoms with Crippen LogP contribution in [0, 0.1) is 17.5 Å². The van der Waals surface area contributed by atoms with Gasteiger partial charge in [0.2, 0.25) is 6.79 Å². The lowest BCUT2D eigenvalue weighted by atomic mass is 10.2. The molecule has 3 aromatic rings. The molecule has 12 heteroatoms. The van der Waals surface area contributed by atoms with Crippen molar-refractivity contribution >= 4 is 20.0 Å². The van der Waals surface area contributed by atoms with E-state index in [4.69, 9.17) is 9.47 Å². The predicted molar refractivity (Wildman–Crippen MR) is 105 cm³/mol. The van der Waals surface area contributed by atoms with Gasteiger partial charge >= 0.3 is 0 Å². The monoisotopic (exact) mass is 485 g/mol. The highest BCUT2D eigenvalue weighted by Crippen LogP contribution is 2.34. The molecule has 0 saturated heterocycles. The Kier molecular flexibility index (Phi) is 5.61. The summed E-state index contributed by atoms with van der Waals surface area (Å²) in [6.07, 6.45) is 0. The van der Waals surface area contributed by atoms with Gasteiger partial charge in [-0.1, -0.05) is 9.78 Å². The van der Waals surface area contributed by atoms with Gasteiger partial charge in [0.05, 0.1) is 16.3 Å². The van der Waals surface area contributed by atoms with E-state index < -0.39 is 53.8 Å². The first-order valence-electron chi connectivity index (χ1n) is 8.96. The van der Waals surface area contributed by atoms with Crippen molar-refractivity contribution in [3.63, 3.8) is 0 Å². The average Bonchev–Trinajstić information content (AvgIpc) is 3.22. The average molecular weight is 485 g/mol. The van der Waals surface area contributed by atoms with Crippen LogP contribution >= 0.6 is 0 Å². The highest BCUT2D eigenvalue weighted by Gasteiger charge is 2.37. The lowest BCUT2D eigenvalue weighted by molar-refractivity contribution is 0.174. The minimum Gasteiger partial charge on any atom is -0.454 e. The molecule has 3 aromatic carbocycles. The lowest BCUT2D eigenvalue weighted by Gasteiger charge is -2.22. The largest absolute Gasteiger partial charge is 0.454 e. The summed E-state index contributed by atoms with van der Waals surface area (Å²) in [6, 6.07) is 9.54. The van der Waals surface area contributed by atoms with E-state index in [0.29, 0.717) is 17.9 Å². The van der Waals surface area contributed by atoms with Gasteiger partial charge in [-0.2, -0.15) is 0 Å². The molecule has 0 bridgehead atoms. The number of fused-ring (bicyclic) bond motifs is 1. The normalized spacial score (nSPS) is 13.5. The van der Waals surface area contributed by atoms with Crippen molar-refractivity contribution in [1.82, 2.24) is 3.71 Å². The number of ether oxygens (including phenoxy) is 2. The summed E-state index contributed by atoms with van der Waals surface area (Å²) >= 11 is 0. The second-order valence-corrected chi connectivity index (χ2v) is 10.6. The van der Waals surface area contributed by atoms with Crippen LogP contribution in [-0.2, 0) is 26.6 Å².